The molecule has 0 aromatic heterocycles. The van der Waals surface area contributed by atoms with Crippen molar-refractivity contribution in [2.75, 3.05) is 0 Å². The van der Waals surface area contributed by atoms with Crippen LogP contribution < -0.4 is 0 Å². The summed E-state index contributed by atoms with van der Waals surface area (Å²) in [6.07, 6.45) is 3.87. The molecule has 2 aromatic rings. The summed E-state index contributed by atoms with van der Waals surface area (Å²) in [6, 6.07) is 13.9. The number of rotatable bonds is 3. The van der Waals surface area contributed by atoms with E-state index in [1.54, 1.807) is 11.1 Å². The van der Waals surface area contributed by atoms with Crippen molar-refractivity contribution in [3.8, 4) is 0 Å². The van der Waals surface area contributed by atoms with Gasteiger partial charge in [0.2, 0.25) is 11.8 Å². The minimum Gasteiger partial charge on any atom is -0.480 e. The Hall–Kier alpha value is -3.41. The Morgan fingerprint density at radius 2 is 1.72 bits per heavy atom. The van der Waals surface area contributed by atoms with Crippen molar-refractivity contribution in [1.29, 1.82) is 0 Å². The molecule has 2 atom stereocenters. The van der Waals surface area contributed by atoms with Crippen molar-refractivity contribution in [2.24, 2.45) is 0 Å². The first-order valence-electron chi connectivity index (χ1n) is 9.61. The zero-order valence-corrected chi connectivity index (χ0v) is 16.1. The molecular formula is C23H22N2O4. The van der Waals surface area contributed by atoms with Crippen LogP contribution in [0, 0.1) is 0 Å². The lowest BCUT2D eigenvalue weighted by molar-refractivity contribution is -0.152. The van der Waals surface area contributed by atoms with Gasteiger partial charge in [-0.2, -0.15) is 0 Å². The third-order valence-electron chi connectivity index (χ3n) is 5.69. The second kappa shape index (κ2) is 7.54. The van der Waals surface area contributed by atoms with Gasteiger partial charge in [-0.05, 0) is 28.3 Å². The lowest BCUT2D eigenvalue weighted by atomic mass is 9.91. The normalized spacial score (nSPS) is 20.0. The number of hydrogen-bond donors (Lipinski definition) is 1. The fourth-order valence-electron chi connectivity index (χ4n) is 4.20. The van der Waals surface area contributed by atoms with Crippen LogP contribution in [0.4, 0.5) is 0 Å². The number of carbonyl (C=O) groups excluding carboxylic acids is 2. The molecule has 6 heteroatoms. The largest absolute Gasteiger partial charge is 0.480 e. The van der Waals surface area contributed by atoms with Crippen LogP contribution >= 0.6 is 0 Å². The molecule has 0 fully saturated rings. The first kappa shape index (κ1) is 18.9. The number of carboxylic acids is 1. The Morgan fingerprint density at radius 1 is 1.03 bits per heavy atom. The molecule has 2 amide bonds. The molecule has 2 heterocycles. The standard InChI is InChI=1S/C23H22N2O4/c1-15(26)24-11-10-16-6-4-5-9-19(16)20(24)13-22(27)25-14-18-8-3-2-7-17(18)12-21(25)23(28)29/h2-11,20-21H,12-14H2,1H3,(H,28,29)/t20-,21-/m0/s1. The van der Waals surface area contributed by atoms with Crippen LogP contribution in [-0.4, -0.2) is 38.7 Å². The summed E-state index contributed by atoms with van der Waals surface area (Å²) < 4.78 is 0. The SMILES string of the molecule is CC(=O)N1C=Cc2ccccc2[C@@H]1CC(=O)N1Cc2ccccc2C[C@H]1C(=O)O. The zero-order chi connectivity index (χ0) is 20.5. The van der Waals surface area contributed by atoms with Gasteiger partial charge in [0.15, 0.2) is 0 Å². The molecule has 2 aliphatic heterocycles. The van der Waals surface area contributed by atoms with Crippen LogP contribution in [0.25, 0.3) is 6.08 Å². The number of aliphatic carboxylic acids is 1. The predicted molar refractivity (Wildman–Crippen MR) is 107 cm³/mol. The molecule has 2 aliphatic rings. The number of carbonyl (C=O) groups is 3. The summed E-state index contributed by atoms with van der Waals surface area (Å²) >= 11 is 0. The number of hydrogen-bond acceptors (Lipinski definition) is 3. The Labute approximate surface area is 169 Å². The van der Waals surface area contributed by atoms with Crippen molar-refractivity contribution in [1.82, 2.24) is 9.80 Å². The molecule has 29 heavy (non-hydrogen) atoms. The molecule has 148 valence electrons. The molecule has 0 bridgehead atoms. The molecule has 0 spiro atoms. The van der Waals surface area contributed by atoms with Crippen molar-refractivity contribution in [2.45, 2.75) is 38.4 Å². The van der Waals surface area contributed by atoms with Crippen LogP contribution in [0.1, 0.15) is 41.6 Å². The third-order valence-corrected chi connectivity index (χ3v) is 5.69. The maximum atomic E-state index is 13.3. The first-order valence-corrected chi connectivity index (χ1v) is 9.61. The Kier molecular flexibility index (Phi) is 4.92. The maximum Gasteiger partial charge on any atom is 0.326 e. The molecule has 0 aliphatic carbocycles. The fraction of sp³-hybridized carbons (Fsp3) is 0.261. The van der Waals surface area contributed by atoms with Gasteiger partial charge in [0, 0.05) is 26.1 Å². The summed E-state index contributed by atoms with van der Waals surface area (Å²) in [5, 5.41) is 9.72. The molecule has 0 saturated carbocycles. The van der Waals surface area contributed by atoms with Crippen LogP contribution in [0.5, 0.6) is 0 Å². The highest BCUT2D eigenvalue weighted by Gasteiger charge is 2.37. The van der Waals surface area contributed by atoms with E-state index in [4.69, 9.17) is 0 Å². The molecule has 0 radical (unpaired) electrons. The highest BCUT2D eigenvalue weighted by molar-refractivity contribution is 5.86. The third kappa shape index (κ3) is 3.53. The average molecular weight is 390 g/mol. The van der Waals surface area contributed by atoms with Crippen molar-refractivity contribution >= 4 is 23.9 Å². The average Bonchev–Trinajstić information content (AvgIpc) is 2.72. The molecule has 1 N–H and O–H groups in total. The Balaban J connectivity index is 1.64. The molecule has 6 nitrogen and oxygen atoms in total. The minimum absolute atomic E-state index is 0.0346. The van der Waals surface area contributed by atoms with E-state index in [9.17, 15) is 19.5 Å². The van der Waals surface area contributed by atoms with E-state index in [0.717, 1.165) is 22.3 Å². The van der Waals surface area contributed by atoms with Crippen molar-refractivity contribution < 1.29 is 19.5 Å². The Bertz CT molecular complexity index is 1010. The number of amides is 2. The van der Waals surface area contributed by atoms with E-state index in [0.29, 0.717) is 0 Å². The van der Waals surface area contributed by atoms with Crippen LogP contribution in [0.3, 0.4) is 0 Å². The van der Waals surface area contributed by atoms with Gasteiger partial charge in [-0.3, -0.25) is 9.59 Å². The lowest BCUT2D eigenvalue weighted by Gasteiger charge is -2.37. The fourth-order valence-corrected chi connectivity index (χ4v) is 4.20. The highest BCUT2D eigenvalue weighted by atomic mass is 16.4. The highest BCUT2D eigenvalue weighted by Crippen LogP contribution is 2.34. The number of nitrogens with zero attached hydrogens (tertiary/aromatic N) is 2. The number of fused-ring (bicyclic) bond motifs is 2. The zero-order valence-electron chi connectivity index (χ0n) is 16.1. The van der Waals surface area contributed by atoms with Gasteiger partial charge >= 0.3 is 5.97 Å². The lowest BCUT2D eigenvalue weighted by Crippen LogP contribution is -2.49. The number of carboxylic acid groups (broad SMARTS) is 1. The van der Waals surface area contributed by atoms with Crippen molar-refractivity contribution in [3.05, 3.63) is 77.0 Å². The second-order valence-corrected chi connectivity index (χ2v) is 7.44. The first-order chi connectivity index (χ1) is 14.0. The van der Waals surface area contributed by atoms with E-state index in [1.807, 2.05) is 54.6 Å². The van der Waals surface area contributed by atoms with Gasteiger partial charge in [-0.15, -0.1) is 0 Å². The van der Waals surface area contributed by atoms with E-state index >= 15 is 0 Å². The summed E-state index contributed by atoms with van der Waals surface area (Å²) in [5.74, 6) is -1.44. The van der Waals surface area contributed by atoms with Gasteiger partial charge < -0.3 is 14.9 Å². The summed E-state index contributed by atoms with van der Waals surface area (Å²) in [5.41, 5.74) is 3.77. The number of benzene rings is 2. The predicted octanol–water partition coefficient (Wildman–Crippen LogP) is 2.99. The minimum atomic E-state index is -1.01. The Morgan fingerprint density at radius 3 is 2.45 bits per heavy atom. The van der Waals surface area contributed by atoms with Gasteiger partial charge in [0.25, 0.3) is 0 Å². The summed E-state index contributed by atoms with van der Waals surface area (Å²) in [6.45, 7) is 1.73. The molecule has 4 rings (SSSR count). The summed E-state index contributed by atoms with van der Waals surface area (Å²) in [7, 11) is 0. The second-order valence-electron chi connectivity index (χ2n) is 7.44. The van der Waals surface area contributed by atoms with Gasteiger partial charge in [-0.1, -0.05) is 48.5 Å². The van der Waals surface area contributed by atoms with Crippen LogP contribution in [-0.2, 0) is 27.3 Å². The molecular weight excluding hydrogens is 368 g/mol. The molecule has 0 unspecified atom stereocenters. The monoisotopic (exact) mass is 390 g/mol. The van der Waals surface area contributed by atoms with Crippen molar-refractivity contribution in [3.63, 3.8) is 0 Å². The van der Waals surface area contributed by atoms with Crippen LogP contribution in [0.2, 0.25) is 0 Å². The smallest absolute Gasteiger partial charge is 0.326 e. The van der Waals surface area contributed by atoms with E-state index in [2.05, 4.69) is 0 Å². The van der Waals surface area contributed by atoms with E-state index in [-0.39, 0.29) is 31.2 Å². The van der Waals surface area contributed by atoms with Gasteiger partial charge in [-0.25, -0.2) is 4.79 Å². The molecule has 2 aromatic carbocycles. The molecule has 0 saturated heterocycles. The quantitative estimate of drug-likeness (QED) is 0.874. The van der Waals surface area contributed by atoms with E-state index < -0.39 is 18.1 Å². The maximum absolute atomic E-state index is 13.3. The van der Waals surface area contributed by atoms with Crippen LogP contribution in [0.15, 0.2) is 54.7 Å². The topological polar surface area (TPSA) is 77.9 Å². The summed E-state index contributed by atoms with van der Waals surface area (Å²) in [4.78, 5) is 40.3. The van der Waals surface area contributed by atoms with Gasteiger partial charge in [0.05, 0.1) is 12.5 Å². The van der Waals surface area contributed by atoms with E-state index in [1.165, 1.54) is 11.8 Å². The van der Waals surface area contributed by atoms with Gasteiger partial charge in [0.1, 0.15) is 6.04 Å².